The molecule has 11 heteroatoms. The number of aliphatic hydroxyl groups is 2. The molecule has 3 N–H and O–H groups in total. The quantitative estimate of drug-likeness (QED) is 0.150. The van der Waals surface area contributed by atoms with Crippen molar-refractivity contribution in [3.63, 3.8) is 0 Å². The van der Waals surface area contributed by atoms with Crippen molar-refractivity contribution in [3.05, 3.63) is 32.9 Å². The van der Waals surface area contributed by atoms with Crippen LogP contribution in [0.15, 0.2) is 23.8 Å². The molecule has 0 aromatic heterocycles. The number of hydrogen-bond donors (Lipinski definition) is 3. The normalized spacial score (nSPS) is 19.1. The summed E-state index contributed by atoms with van der Waals surface area (Å²) in [5.41, 5.74) is 0.741. The van der Waals surface area contributed by atoms with Crippen molar-refractivity contribution in [1.82, 2.24) is 10.2 Å². The van der Waals surface area contributed by atoms with Crippen molar-refractivity contribution in [2.75, 3.05) is 33.4 Å². The van der Waals surface area contributed by atoms with Crippen LogP contribution in [0, 0.1) is 3.57 Å². The monoisotopic (exact) mass is 646 g/mol. The molecule has 0 spiro atoms. The summed E-state index contributed by atoms with van der Waals surface area (Å²) < 4.78 is 17.9. The lowest BCUT2D eigenvalue weighted by molar-refractivity contribution is -0.139. The summed E-state index contributed by atoms with van der Waals surface area (Å²) in [6.07, 6.45) is 1.78. The maximum atomic E-state index is 13.2. The first-order valence-corrected chi connectivity index (χ1v) is 13.9. The lowest BCUT2D eigenvalue weighted by atomic mass is 9.87. The molecule has 0 fully saturated rings. The molecule has 0 heterocycles. The smallest absolute Gasteiger partial charge is 0.247 e. The number of amides is 2. The van der Waals surface area contributed by atoms with Gasteiger partial charge in [-0.1, -0.05) is 6.92 Å². The van der Waals surface area contributed by atoms with Crippen molar-refractivity contribution in [2.45, 2.75) is 70.8 Å². The molecule has 3 atom stereocenters. The molecule has 0 bridgehead atoms. The van der Waals surface area contributed by atoms with E-state index in [0.717, 1.165) is 0 Å². The second-order valence-corrected chi connectivity index (χ2v) is 10.4. The highest BCUT2D eigenvalue weighted by atomic mass is 127. The molecule has 1 aliphatic rings. The fourth-order valence-corrected chi connectivity index (χ4v) is 4.98. The van der Waals surface area contributed by atoms with Crippen molar-refractivity contribution in [3.8, 4) is 11.5 Å². The van der Waals surface area contributed by atoms with Gasteiger partial charge in [-0.05, 0) is 67.5 Å². The number of methoxy groups -OCH3 is 1. The second-order valence-electron chi connectivity index (χ2n) is 9.28. The van der Waals surface area contributed by atoms with Gasteiger partial charge < -0.3 is 34.6 Å². The highest BCUT2D eigenvalue weighted by Crippen LogP contribution is 2.37. The molecule has 0 saturated carbocycles. The molecule has 1 aromatic carbocycles. The number of halogens is 1. The first-order chi connectivity index (χ1) is 18.2. The van der Waals surface area contributed by atoms with Gasteiger partial charge in [-0.25, -0.2) is 0 Å². The zero-order valence-corrected chi connectivity index (χ0v) is 24.6. The Bertz CT molecular complexity index is 984. The molecule has 0 saturated heterocycles. The lowest BCUT2D eigenvalue weighted by Crippen LogP contribution is -2.55. The van der Waals surface area contributed by atoms with Gasteiger partial charge in [-0.2, -0.15) is 0 Å². The van der Waals surface area contributed by atoms with E-state index in [2.05, 4.69) is 5.32 Å². The second kappa shape index (κ2) is 16.0. The fourth-order valence-electron chi connectivity index (χ4n) is 4.22. The van der Waals surface area contributed by atoms with Crippen LogP contribution in [0.2, 0.25) is 0 Å². The zero-order chi connectivity index (χ0) is 28.2. The van der Waals surface area contributed by atoms with E-state index in [1.165, 1.54) is 13.2 Å². The van der Waals surface area contributed by atoms with Gasteiger partial charge in [0, 0.05) is 43.7 Å². The maximum Gasteiger partial charge on any atom is 0.247 e. The van der Waals surface area contributed by atoms with Crippen LogP contribution < -0.4 is 14.8 Å². The SMILES string of the molecule is CCCC(=O)N(CCCOC(C)C)[C@@H]1CC(C(=O)NCCO)=C[C@H](Oc2c(I)cc(C=O)cc2OC)[C@H]1O. The van der Waals surface area contributed by atoms with E-state index in [1.54, 1.807) is 17.0 Å². The first-order valence-electron chi connectivity index (χ1n) is 12.8. The number of carbonyl (C=O) groups excluding carboxylic acids is 3. The Morgan fingerprint density at radius 3 is 2.66 bits per heavy atom. The van der Waals surface area contributed by atoms with E-state index in [-0.39, 0.29) is 31.6 Å². The highest BCUT2D eigenvalue weighted by Gasteiger charge is 2.40. The van der Waals surface area contributed by atoms with Gasteiger partial charge in [0.05, 0.1) is 29.4 Å². The Balaban J connectivity index is 2.44. The van der Waals surface area contributed by atoms with E-state index >= 15 is 0 Å². The van der Waals surface area contributed by atoms with E-state index in [1.807, 2.05) is 43.4 Å². The van der Waals surface area contributed by atoms with E-state index in [4.69, 9.17) is 19.3 Å². The minimum Gasteiger partial charge on any atom is -0.493 e. The predicted octanol–water partition coefficient (Wildman–Crippen LogP) is 2.47. The van der Waals surface area contributed by atoms with E-state index in [0.29, 0.717) is 64.9 Å². The van der Waals surface area contributed by atoms with E-state index in [9.17, 15) is 19.5 Å². The molecular weight excluding hydrogens is 607 g/mol. The lowest BCUT2D eigenvalue weighted by Gasteiger charge is -2.40. The molecule has 1 aromatic rings. The number of carbonyl (C=O) groups is 3. The topological polar surface area (TPSA) is 135 Å². The molecule has 2 amide bonds. The number of aliphatic hydroxyl groups excluding tert-OH is 2. The van der Waals surface area contributed by atoms with Crippen LogP contribution in [-0.2, 0) is 14.3 Å². The molecular formula is C27H39IN2O8. The summed E-state index contributed by atoms with van der Waals surface area (Å²) in [6, 6.07) is 2.43. The van der Waals surface area contributed by atoms with Crippen LogP contribution in [0.1, 0.15) is 56.8 Å². The first kappa shape index (κ1) is 32.0. The van der Waals surface area contributed by atoms with Crippen molar-refractivity contribution >= 4 is 40.7 Å². The number of nitrogens with zero attached hydrogens (tertiary/aromatic N) is 1. The van der Waals surface area contributed by atoms with Gasteiger partial charge in [0.2, 0.25) is 11.8 Å². The van der Waals surface area contributed by atoms with Gasteiger partial charge in [0.15, 0.2) is 11.5 Å². The van der Waals surface area contributed by atoms with Gasteiger partial charge in [-0.3, -0.25) is 14.4 Å². The highest BCUT2D eigenvalue weighted by molar-refractivity contribution is 14.1. The number of benzene rings is 1. The third-order valence-corrected chi connectivity index (χ3v) is 6.84. The van der Waals surface area contributed by atoms with Crippen LogP contribution in [0.25, 0.3) is 0 Å². The average Bonchev–Trinajstić information content (AvgIpc) is 2.89. The Labute approximate surface area is 237 Å². The number of hydrogen-bond acceptors (Lipinski definition) is 8. The molecule has 10 nitrogen and oxygen atoms in total. The Morgan fingerprint density at radius 1 is 1.32 bits per heavy atom. The average molecular weight is 647 g/mol. The standard InChI is InChI=1S/C27H39IN2O8/c1-5-7-24(33)30(9-6-11-37-17(2)3)21-14-19(27(35)29-8-10-31)15-22(25(21)34)38-26-20(28)12-18(16-32)13-23(26)36-4/h12-13,15-17,21-22,25,31,34H,5-11,14H2,1-4H3,(H,29,35)/t21-,22+,25+/m1/s1. The maximum absolute atomic E-state index is 13.2. The van der Waals surface area contributed by atoms with Crippen LogP contribution in [-0.4, -0.2) is 91.0 Å². The minimum atomic E-state index is -1.15. The summed E-state index contributed by atoms with van der Waals surface area (Å²) >= 11 is 2.01. The summed E-state index contributed by atoms with van der Waals surface area (Å²) in [5, 5.41) is 23.3. The number of aldehydes is 1. The number of ether oxygens (including phenoxy) is 3. The summed E-state index contributed by atoms with van der Waals surface area (Å²) in [6.45, 7) is 6.43. The van der Waals surface area contributed by atoms with Gasteiger partial charge in [0.25, 0.3) is 0 Å². The van der Waals surface area contributed by atoms with Crippen molar-refractivity contribution in [1.29, 1.82) is 0 Å². The van der Waals surface area contributed by atoms with Crippen molar-refractivity contribution in [2.24, 2.45) is 0 Å². The molecule has 1 aliphatic carbocycles. The number of rotatable bonds is 15. The van der Waals surface area contributed by atoms with Crippen LogP contribution in [0.4, 0.5) is 0 Å². The zero-order valence-electron chi connectivity index (χ0n) is 22.4. The van der Waals surface area contributed by atoms with E-state index < -0.39 is 24.2 Å². The molecule has 38 heavy (non-hydrogen) atoms. The largest absolute Gasteiger partial charge is 0.493 e. The predicted molar refractivity (Wildman–Crippen MR) is 150 cm³/mol. The van der Waals surface area contributed by atoms with Gasteiger partial charge in [0.1, 0.15) is 18.5 Å². The molecule has 212 valence electrons. The van der Waals surface area contributed by atoms with Crippen LogP contribution in [0.5, 0.6) is 11.5 Å². The molecule has 0 radical (unpaired) electrons. The van der Waals surface area contributed by atoms with Crippen molar-refractivity contribution < 1.29 is 38.8 Å². The minimum absolute atomic E-state index is 0.0562. The van der Waals surface area contributed by atoms with Gasteiger partial charge in [-0.15, -0.1) is 0 Å². The third kappa shape index (κ3) is 8.92. The third-order valence-electron chi connectivity index (χ3n) is 6.04. The van der Waals surface area contributed by atoms with Gasteiger partial charge >= 0.3 is 0 Å². The summed E-state index contributed by atoms with van der Waals surface area (Å²) in [4.78, 5) is 39.0. The molecule has 2 rings (SSSR count). The Kier molecular flexibility index (Phi) is 13.5. The fraction of sp³-hybridized carbons (Fsp3) is 0.593. The summed E-state index contributed by atoms with van der Waals surface area (Å²) in [5.74, 6) is 0.0807. The van der Waals surface area contributed by atoms with Crippen LogP contribution >= 0.6 is 22.6 Å². The molecule has 0 unspecified atom stereocenters. The molecule has 0 aliphatic heterocycles. The Hall–Kier alpha value is -2.22. The summed E-state index contributed by atoms with van der Waals surface area (Å²) in [7, 11) is 1.45. The number of nitrogens with one attached hydrogen (secondary N) is 1. The Morgan fingerprint density at radius 2 is 2.05 bits per heavy atom. The van der Waals surface area contributed by atoms with Crippen LogP contribution in [0.3, 0.4) is 0 Å².